The number of benzene rings is 2. The van der Waals surface area contributed by atoms with Crippen molar-refractivity contribution < 1.29 is 18.4 Å². The minimum atomic E-state index is -0.354. The molecule has 1 fully saturated rings. The summed E-state index contributed by atoms with van der Waals surface area (Å²) in [4.78, 5) is 19.5. The predicted molar refractivity (Wildman–Crippen MR) is 117 cm³/mol. The van der Waals surface area contributed by atoms with Gasteiger partial charge in [-0.3, -0.25) is 4.79 Å². The summed E-state index contributed by atoms with van der Waals surface area (Å²) >= 11 is 3.44. The number of amides is 1. The highest BCUT2D eigenvalue weighted by molar-refractivity contribution is 9.10. The zero-order chi connectivity index (χ0) is 22.0. The summed E-state index contributed by atoms with van der Waals surface area (Å²) in [7, 11) is 0. The van der Waals surface area contributed by atoms with E-state index >= 15 is 0 Å². The fourth-order valence-electron chi connectivity index (χ4n) is 3.70. The number of ether oxygens (including phenoxy) is 1. The van der Waals surface area contributed by atoms with Crippen LogP contribution in [-0.4, -0.2) is 40.1 Å². The second-order valence-electron chi connectivity index (χ2n) is 7.86. The molecule has 0 aliphatic carbocycles. The smallest absolute Gasteiger partial charge is 0.257 e. The molecule has 8 heteroatoms. The van der Waals surface area contributed by atoms with Crippen LogP contribution in [0.5, 0.6) is 5.75 Å². The molecule has 3 aromatic rings. The molecule has 162 valence electrons. The molecule has 2 heterocycles. The summed E-state index contributed by atoms with van der Waals surface area (Å²) in [5.41, 5.74) is 1.09. The Hall–Kier alpha value is -2.74. The predicted octanol–water partition coefficient (Wildman–Crippen LogP) is 5.45. The highest BCUT2D eigenvalue weighted by atomic mass is 79.9. The molecule has 0 saturated carbocycles. The molecule has 31 heavy (non-hydrogen) atoms. The molecule has 0 bridgehead atoms. The van der Waals surface area contributed by atoms with Gasteiger partial charge in [-0.05, 0) is 57.0 Å². The molecule has 1 amide bonds. The molecule has 1 aliphatic heterocycles. The Morgan fingerprint density at radius 1 is 1.29 bits per heavy atom. The Kier molecular flexibility index (Phi) is 6.36. The number of rotatable bonds is 5. The van der Waals surface area contributed by atoms with Crippen LogP contribution in [0.1, 0.15) is 48.9 Å². The van der Waals surface area contributed by atoms with Crippen molar-refractivity contribution >= 4 is 21.8 Å². The van der Waals surface area contributed by atoms with E-state index in [2.05, 4.69) is 26.1 Å². The Morgan fingerprint density at radius 2 is 2.13 bits per heavy atom. The van der Waals surface area contributed by atoms with Crippen LogP contribution in [0, 0.1) is 5.82 Å². The van der Waals surface area contributed by atoms with E-state index in [4.69, 9.17) is 9.26 Å². The van der Waals surface area contributed by atoms with Gasteiger partial charge in [0.15, 0.2) is 0 Å². The highest BCUT2D eigenvalue weighted by Gasteiger charge is 2.30. The lowest BCUT2D eigenvalue weighted by Gasteiger charge is -2.31. The number of carbonyl (C=O) groups is 1. The monoisotopic (exact) mass is 487 g/mol. The van der Waals surface area contributed by atoms with Gasteiger partial charge in [0, 0.05) is 23.1 Å². The Morgan fingerprint density at radius 3 is 2.90 bits per heavy atom. The van der Waals surface area contributed by atoms with Crippen LogP contribution < -0.4 is 4.74 Å². The first-order valence-corrected chi connectivity index (χ1v) is 11.0. The van der Waals surface area contributed by atoms with E-state index in [1.165, 1.54) is 12.1 Å². The lowest BCUT2D eigenvalue weighted by atomic mass is 9.97. The van der Waals surface area contributed by atoms with Gasteiger partial charge in [0.25, 0.3) is 5.91 Å². The summed E-state index contributed by atoms with van der Waals surface area (Å²) in [6, 6.07) is 11.5. The van der Waals surface area contributed by atoms with Crippen molar-refractivity contribution in [3.8, 4) is 17.1 Å². The van der Waals surface area contributed by atoms with Crippen molar-refractivity contribution in [2.45, 2.75) is 38.7 Å². The van der Waals surface area contributed by atoms with Crippen LogP contribution >= 0.6 is 15.9 Å². The van der Waals surface area contributed by atoms with Crippen LogP contribution in [0.25, 0.3) is 11.4 Å². The minimum absolute atomic E-state index is 0.0467. The Labute approximate surface area is 188 Å². The van der Waals surface area contributed by atoms with Crippen molar-refractivity contribution in [1.29, 1.82) is 0 Å². The quantitative estimate of drug-likeness (QED) is 0.478. The third-order valence-corrected chi connectivity index (χ3v) is 5.61. The largest absolute Gasteiger partial charge is 0.490 e. The molecule has 1 atom stereocenters. The number of carbonyl (C=O) groups excluding carboxylic acids is 1. The van der Waals surface area contributed by atoms with Crippen LogP contribution in [-0.2, 0) is 0 Å². The molecule has 0 radical (unpaired) electrons. The van der Waals surface area contributed by atoms with Gasteiger partial charge in [0.2, 0.25) is 11.7 Å². The van der Waals surface area contributed by atoms with E-state index in [1.54, 1.807) is 23.1 Å². The van der Waals surface area contributed by atoms with Crippen LogP contribution in [0.4, 0.5) is 4.39 Å². The highest BCUT2D eigenvalue weighted by Crippen LogP contribution is 2.31. The van der Waals surface area contributed by atoms with Crippen molar-refractivity contribution in [2.24, 2.45) is 0 Å². The maximum absolute atomic E-state index is 13.5. The van der Waals surface area contributed by atoms with Gasteiger partial charge in [-0.1, -0.05) is 33.2 Å². The van der Waals surface area contributed by atoms with Crippen LogP contribution in [0.15, 0.2) is 51.5 Å². The normalized spacial score (nSPS) is 16.5. The number of hydrogen-bond donors (Lipinski definition) is 0. The van der Waals surface area contributed by atoms with E-state index in [1.807, 2.05) is 26.0 Å². The number of aromatic nitrogens is 2. The van der Waals surface area contributed by atoms with Crippen molar-refractivity contribution in [3.63, 3.8) is 0 Å². The summed E-state index contributed by atoms with van der Waals surface area (Å²) in [6.07, 6.45) is 1.62. The molecule has 1 saturated heterocycles. The first-order valence-electron chi connectivity index (χ1n) is 10.3. The SMILES string of the molecule is CC(C)Oc1cc(Br)ccc1C(=O)N1CCCC(c2nc(-c3cccc(F)c3)no2)C1. The first-order chi connectivity index (χ1) is 14.9. The lowest BCUT2D eigenvalue weighted by Crippen LogP contribution is -2.39. The first kappa shape index (κ1) is 21.5. The summed E-state index contributed by atoms with van der Waals surface area (Å²) in [5, 5.41) is 4.01. The summed E-state index contributed by atoms with van der Waals surface area (Å²) in [6.45, 7) is 4.98. The van der Waals surface area contributed by atoms with Gasteiger partial charge < -0.3 is 14.2 Å². The molecule has 4 rings (SSSR count). The molecule has 6 nitrogen and oxygen atoms in total. The summed E-state index contributed by atoms with van der Waals surface area (Å²) < 4.78 is 25.7. The van der Waals surface area contributed by atoms with Crippen LogP contribution in [0.3, 0.4) is 0 Å². The average Bonchev–Trinajstić information content (AvgIpc) is 3.24. The van der Waals surface area contributed by atoms with E-state index in [0.29, 0.717) is 41.7 Å². The second-order valence-corrected chi connectivity index (χ2v) is 8.78. The van der Waals surface area contributed by atoms with Crippen molar-refractivity contribution in [2.75, 3.05) is 13.1 Å². The van der Waals surface area contributed by atoms with Gasteiger partial charge in [0.05, 0.1) is 17.6 Å². The fraction of sp³-hybridized carbons (Fsp3) is 0.348. The zero-order valence-corrected chi connectivity index (χ0v) is 18.9. The molecular formula is C23H23BrFN3O3. The third-order valence-electron chi connectivity index (χ3n) is 5.12. The second kappa shape index (κ2) is 9.18. The van der Waals surface area contributed by atoms with Crippen LogP contribution in [0.2, 0.25) is 0 Å². The summed E-state index contributed by atoms with van der Waals surface area (Å²) in [5.74, 6) is 0.856. The van der Waals surface area contributed by atoms with E-state index in [0.717, 1.165) is 17.3 Å². The topological polar surface area (TPSA) is 68.5 Å². The number of nitrogens with zero attached hydrogens (tertiary/aromatic N) is 3. The maximum atomic E-state index is 13.5. The number of piperidine rings is 1. The number of hydrogen-bond acceptors (Lipinski definition) is 5. The average molecular weight is 488 g/mol. The molecule has 1 aromatic heterocycles. The number of halogens is 2. The van der Waals surface area contributed by atoms with Gasteiger partial charge >= 0.3 is 0 Å². The Bertz CT molecular complexity index is 1090. The minimum Gasteiger partial charge on any atom is -0.490 e. The zero-order valence-electron chi connectivity index (χ0n) is 17.3. The molecular weight excluding hydrogens is 465 g/mol. The third kappa shape index (κ3) is 4.95. The standard InChI is InChI=1S/C23H23BrFN3O3/c1-14(2)30-20-12-17(24)8-9-19(20)23(29)28-10-4-6-16(13-28)22-26-21(27-31-22)15-5-3-7-18(25)11-15/h3,5,7-9,11-12,14,16H,4,6,10,13H2,1-2H3. The van der Waals surface area contributed by atoms with E-state index in [-0.39, 0.29) is 23.7 Å². The maximum Gasteiger partial charge on any atom is 0.257 e. The fourth-order valence-corrected chi connectivity index (χ4v) is 4.04. The van der Waals surface area contributed by atoms with E-state index < -0.39 is 0 Å². The molecule has 0 spiro atoms. The molecule has 1 aliphatic rings. The Balaban J connectivity index is 1.52. The molecule has 0 N–H and O–H groups in total. The molecule has 2 aromatic carbocycles. The number of likely N-dealkylation sites (tertiary alicyclic amines) is 1. The molecule has 1 unspecified atom stereocenters. The van der Waals surface area contributed by atoms with Crippen molar-refractivity contribution in [1.82, 2.24) is 15.0 Å². The van der Waals surface area contributed by atoms with Crippen molar-refractivity contribution in [3.05, 3.63) is 64.2 Å². The van der Waals surface area contributed by atoms with Gasteiger partial charge in [-0.2, -0.15) is 4.98 Å². The van der Waals surface area contributed by atoms with Gasteiger partial charge in [-0.15, -0.1) is 0 Å². The van der Waals surface area contributed by atoms with Gasteiger partial charge in [0.1, 0.15) is 11.6 Å². The van der Waals surface area contributed by atoms with Gasteiger partial charge in [-0.25, -0.2) is 4.39 Å². The van der Waals surface area contributed by atoms with E-state index in [9.17, 15) is 9.18 Å². The lowest BCUT2D eigenvalue weighted by molar-refractivity contribution is 0.0689.